The third kappa shape index (κ3) is 1.56. The zero-order valence-corrected chi connectivity index (χ0v) is 9.59. The zero-order chi connectivity index (χ0) is 11.8. The van der Waals surface area contributed by atoms with Crippen LogP contribution in [0, 0.1) is 0 Å². The summed E-state index contributed by atoms with van der Waals surface area (Å²) < 4.78 is 1.80. The van der Waals surface area contributed by atoms with Crippen LogP contribution in [0.2, 0.25) is 5.28 Å². The van der Waals surface area contributed by atoms with E-state index in [1.54, 1.807) is 16.7 Å². The molecular weight excluding hydrogens is 236 g/mol. The lowest BCUT2D eigenvalue weighted by molar-refractivity contribution is 0.480. The van der Waals surface area contributed by atoms with E-state index in [4.69, 9.17) is 11.6 Å². The molecular formula is C13H9ClN2O. The van der Waals surface area contributed by atoms with Gasteiger partial charge in [-0.25, -0.2) is 4.98 Å². The SMILES string of the molecule is Oc1cccc2c1nc(Cl)n2-c1ccccc1. The predicted octanol–water partition coefficient (Wildman–Crippen LogP) is 3.38. The second-order valence-corrected chi connectivity index (χ2v) is 4.03. The molecule has 0 atom stereocenters. The first-order valence-corrected chi connectivity index (χ1v) is 5.56. The molecule has 0 radical (unpaired) electrons. The number of para-hydroxylation sites is 2. The van der Waals surface area contributed by atoms with Crippen LogP contribution in [0.3, 0.4) is 0 Å². The monoisotopic (exact) mass is 244 g/mol. The maximum atomic E-state index is 9.72. The number of aromatic nitrogens is 2. The number of rotatable bonds is 1. The van der Waals surface area contributed by atoms with Crippen molar-refractivity contribution in [1.29, 1.82) is 0 Å². The number of hydrogen-bond acceptors (Lipinski definition) is 2. The maximum Gasteiger partial charge on any atom is 0.208 e. The van der Waals surface area contributed by atoms with Crippen molar-refractivity contribution in [1.82, 2.24) is 9.55 Å². The highest BCUT2D eigenvalue weighted by atomic mass is 35.5. The van der Waals surface area contributed by atoms with Crippen LogP contribution in [0.4, 0.5) is 0 Å². The van der Waals surface area contributed by atoms with Crippen molar-refractivity contribution in [2.45, 2.75) is 0 Å². The molecule has 0 saturated carbocycles. The third-order valence-electron chi connectivity index (χ3n) is 2.64. The molecule has 0 unspecified atom stereocenters. The van der Waals surface area contributed by atoms with Crippen molar-refractivity contribution in [3.8, 4) is 11.4 Å². The molecule has 17 heavy (non-hydrogen) atoms. The third-order valence-corrected chi connectivity index (χ3v) is 2.89. The van der Waals surface area contributed by atoms with Gasteiger partial charge < -0.3 is 5.11 Å². The Balaban J connectivity index is 2.37. The van der Waals surface area contributed by atoms with Gasteiger partial charge in [-0.3, -0.25) is 4.57 Å². The first-order chi connectivity index (χ1) is 8.27. The van der Waals surface area contributed by atoms with Gasteiger partial charge in [0.25, 0.3) is 0 Å². The summed E-state index contributed by atoms with van der Waals surface area (Å²) in [6.45, 7) is 0. The Morgan fingerprint density at radius 2 is 1.76 bits per heavy atom. The lowest BCUT2D eigenvalue weighted by Gasteiger charge is -2.04. The molecule has 1 N–H and O–H groups in total. The molecule has 4 heteroatoms. The Morgan fingerprint density at radius 1 is 1.00 bits per heavy atom. The summed E-state index contributed by atoms with van der Waals surface area (Å²) in [6, 6.07) is 14.9. The minimum absolute atomic E-state index is 0.138. The second-order valence-electron chi connectivity index (χ2n) is 3.70. The van der Waals surface area contributed by atoms with Crippen LogP contribution in [0.1, 0.15) is 0 Å². The van der Waals surface area contributed by atoms with Gasteiger partial charge in [-0.2, -0.15) is 0 Å². The molecule has 0 amide bonds. The largest absolute Gasteiger partial charge is 0.506 e. The Morgan fingerprint density at radius 3 is 2.53 bits per heavy atom. The van der Waals surface area contributed by atoms with Gasteiger partial charge in [-0.15, -0.1) is 0 Å². The summed E-state index contributed by atoms with van der Waals surface area (Å²) in [5.41, 5.74) is 2.23. The van der Waals surface area contributed by atoms with Crippen molar-refractivity contribution in [3.63, 3.8) is 0 Å². The van der Waals surface area contributed by atoms with Gasteiger partial charge in [0.1, 0.15) is 11.3 Å². The minimum atomic E-state index is 0.138. The number of phenolic OH excluding ortho intramolecular Hbond substituents is 1. The highest BCUT2D eigenvalue weighted by Crippen LogP contribution is 2.29. The zero-order valence-electron chi connectivity index (χ0n) is 8.84. The summed E-state index contributed by atoms with van der Waals surface area (Å²) >= 11 is 6.11. The van der Waals surface area contributed by atoms with Crippen molar-refractivity contribution in [2.75, 3.05) is 0 Å². The van der Waals surface area contributed by atoms with Crippen molar-refractivity contribution in [3.05, 3.63) is 53.8 Å². The highest BCUT2D eigenvalue weighted by Gasteiger charge is 2.12. The quantitative estimate of drug-likeness (QED) is 0.713. The molecule has 1 aromatic heterocycles. The van der Waals surface area contributed by atoms with Crippen molar-refractivity contribution < 1.29 is 5.11 Å². The Bertz CT molecular complexity index is 676. The van der Waals surface area contributed by atoms with Crippen LogP contribution in [0.15, 0.2) is 48.5 Å². The molecule has 1 heterocycles. The van der Waals surface area contributed by atoms with Crippen molar-refractivity contribution >= 4 is 22.6 Å². The van der Waals surface area contributed by atoms with Crippen LogP contribution in [0.5, 0.6) is 5.75 Å². The summed E-state index contributed by atoms with van der Waals surface area (Å²) in [5.74, 6) is 0.138. The smallest absolute Gasteiger partial charge is 0.208 e. The standard InChI is InChI=1S/C13H9ClN2O/c14-13-15-12-10(7-4-8-11(12)17)16(13)9-5-2-1-3-6-9/h1-8,17H. The average molecular weight is 245 g/mol. The Kier molecular flexibility index (Phi) is 2.27. The average Bonchev–Trinajstić information content (AvgIpc) is 2.68. The summed E-state index contributed by atoms with van der Waals surface area (Å²) in [4.78, 5) is 4.17. The first kappa shape index (κ1) is 10.2. The molecule has 0 bridgehead atoms. The summed E-state index contributed by atoms with van der Waals surface area (Å²) in [5, 5.41) is 10.1. The lowest BCUT2D eigenvalue weighted by Crippen LogP contribution is -1.92. The molecule has 0 aliphatic carbocycles. The number of benzene rings is 2. The maximum absolute atomic E-state index is 9.72. The van der Waals surface area contributed by atoms with E-state index in [1.165, 1.54) is 0 Å². The van der Waals surface area contributed by atoms with E-state index in [2.05, 4.69) is 4.98 Å². The van der Waals surface area contributed by atoms with Gasteiger partial charge in [0.2, 0.25) is 5.28 Å². The van der Waals surface area contributed by atoms with Crippen LogP contribution in [0.25, 0.3) is 16.7 Å². The molecule has 0 saturated heterocycles. The van der Waals surface area contributed by atoms with Gasteiger partial charge in [0.15, 0.2) is 0 Å². The Hall–Kier alpha value is -2.00. The van der Waals surface area contributed by atoms with Gasteiger partial charge in [0.05, 0.1) is 5.52 Å². The lowest BCUT2D eigenvalue weighted by atomic mass is 10.2. The summed E-state index contributed by atoms with van der Waals surface area (Å²) in [6.07, 6.45) is 0. The number of fused-ring (bicyclic) bond motifs is 1. The number of imidazole rings is 1. The van der Waals surface area contributed by atoms with Gasteiger partial charge in [-0.1, -0.05) is 24.3 Å². The van der Waals surface area contributed by atoms with E-state index in [9.17, 15) is 5.11 Å². The Labute approximate surface area is 103 Å². The predicted molar refractivity (Wildman–Crippen MR) is 67.7 cm³/mol. The molecule has 0 spiro atoms. The molecule has 3 rings (SSSR count). The van der Waals surface area contributed by atoms with E-state index < -0.39 is 0 Å². The van der Waals surface area contributed by atoms with Crippen LogP contribution < -0.4 is 0 Å². The fraction of sp³-hybridized carbons (Fsp3) is 0. The van der Waals surface area contributed by atoms with E-state index in [-0.39, 0.29) is 5.75 Å². The van der Waals surface area contributed by atoms with Crippen LogP contribution >= 0.6 is 11.6 Å². The fourth-order valence-corrected chi connectivity index (χ4v) is 2.15. The number of phenols is 1. The molecule has 0 fully saturated rings. The second kappa shape index (κ2) is 3.79. The topological polar surface area (TPSA) is 38.1 Å². The normalized spacial score (nSPS) is 10.9. The summed E-state index contributed by atoms with van der Waals surface area (Å²) in [7, 11) is 0. The number of nitrogens with zero attached hydrogens (tertiary/aromatic N) is 2. The van der Waals surface area contributed by atoms with Crippen molar-refractivity contribution in [2.24, 2.45) is 0 Å². The first-order valence-electron chi connectivity index (χ1n) is 5.19. The molecule has 2 aromatic carbocycles. The molecule has 0 aliphatic rings. The molecule has 84 valence electrons. The van der Waals surface area contributed by atoms with Crippen LogP contribution in [-0.2, 0) is 0 Å². The van der Waals surface area contributed by atoms with Gasteiger partial charge >= 0.3 is 0 Å². The van der Waals surface area contributed by atoms with Crippen LogP contribution in [-0.4, -0.2) is 14.7 Å². The van der Waals surface area contributed by atoms with E-state index in [1.807, 2.05) is 36.4 Å². The molecule has 3 aromatic rings. The van der Waals surface area contributed by atoms with Gasteiger partial charge in [-0.05, 0) is 35.9 Å². The fourth-order valence-electron chi connectivity index (χ4n) is 1.88. The minimum Gasteiger partial charge on any atom is -0.506 e. The van der Waals surface area contributed by atoms with E-state index in [0.717, 1.165) is 11.2 Å². The highest BCUT2D eigenvalue weighted by molar-refractivity contribution is 6.29. The molecule has 0 aliphatic heterocycles. The number of halogens is 1. The number of aromatic hydroxyl groups is 1. The van der Waals surface area contributed by atoms with E-state index in [0.29, 0.717) is 10.8 Å². The molecule has 3 nitrogen and oxygen atoms in total. The van der Waals surface area contributed by atoms with Gasteiger partial charge in [0, 0.05) is 5.69 Å². The number of hydrogen-bond donors (Lipinski definition) is 1. The van der Waals surface area contributed by atoms with E-state index >= 15 is 0 Å².